The Morgan fingerprint density at radius 2 is 1.70 bits per heavy atom. The molecule has 0 aliphatic rings. The van der Waals surface area contributed by atoms with Crippen LogP contribution in [0.3, 0.4) is 0 Å². The van der Waals surface area contributed by atoms with Gasteiger partial charge in [-0.1, -0.05) is 24.3 Å². The first-order chi connectivity index (χ1) is 11.3. The van der Waals surface area contributed by atoms with Crippen molar-refractivity contribution in [1.29, 1.82) is 10.5 Å². The fourth-order valence-electron chi connectivity index (χ4n) is 2.19. The third-order valence-corrected chi connectivity index (χ3v) is 3.31. The van der Waals surface area contributed by atoms with Crippen molar-refractivity contribution < 1.29 is 4.74 Å². The molecule has 4 heteroatoms. The molecule has 0 heterocycles. The molecular weight excluding hydrogens is 286 g/mol. The molecule has 1 N–H and O–H groups in total. The van der Waals surface area contributed by atoms with Crippen LogP contribution in [0.15, 0.2) is 48.5 Å². The van der Waals surface area contributed by atoms with Crippen LogP contribution in [-0.4, -0.2) is 6.61 Å². The monoisotopic (exact) mass is 305 g/mol. The van der Waals surface area contributed by atoms with Gasteiger partial charge >= 0.3 is 0 Å². The fraction of sp³-hybridized carbons (Fsp3) is 0.263. The molecule has 0 saturated carbocycles. The highest BCUT2D eigenvalue weighted by atomic mass is 16.5. The zero-order chi connectivity index (χ0) is 16.3. The van der Waals surface area contributed by atoms with Gasteiger partial charge in [-0.05, 0) is 41.8 Å². The van der Waals surface area contributed by atoms with Crippen molar-refractivity contribution in [3.05, 3.63) is 65.2 Å². The Morgan fingerprint density at radius 3 is 2.43 bits per heavy atom. The summed E-state index contributed by atoms with van der Waals surface area (Å²) in [6.45, 7) is 2.00. The van der Waals surface area contributed by atoms with Crippen LogP contribution >= 0.6 is 0 Å². The molecule has 2 rings (SSSR count). The van der Waals surface area contributed by atoms with Gasteiger partial charge in [-0.2, -0.15) is 10.5 Å². The van der Waals surface area contributed by atoms with Crippen LogP contribution < -0.4 is 10.1 Å². The maximum atomic E-state index is 8.90. The Bertz CT molecular complexity index is 713. The molecule has 23 heavy (non-hydrogen) atoms. The molecule has 0 fully saturated rings. The van der Waals surface area contributed by atoms with E-state index in [4.69, 9.17) is 15.3 Å². The lowest BCUT2D eigenvalue weighted by Gasteiger charge is -2.09. The van der Waals surface area contributed by atoms with Gasteiger partial charge in [0.05, 0.1) is 24.3 Å². The predicted octanol–water partition coefficient (Wildman–Crippen LogP) is 3.53. The minimum atomic E-state index is 0.517. The summed E-state index contributed by atoms with van der Waals surface area (Å²) in [5.74, 6) is 0.828. The summed E-state index contributed by atoms with van der Waals surface area (Å²) in [6.07, 6.45) is 1.26. The summed E-state index contributed by atoms with van der Waals surface area (Å²) in [5.41, 5.74) is 2.91. The molecule has 0 saturated heterocycles. The van der Waals surface area contributed by atoms with Crippen molar-refractivity contribution in [1.82, 2.24) is 5.32 Å². The van der Waals surface area contributed by atoms with Gasteiger partial charge < -0.3 is 10.1 Å². The van der Waals surface area contributed by atoms with E-state index >= 15 is 0 Å². The SMILES string of the molecule is N#CCCCOc1cccc(CNCc2cccc(C#N)c2)c1. The second kappa shape index (κ2) is 9.25. The normalized spacial score (nSPS) is 9.83. The largest absolute Gasteiger partial charge is 0.494 e. The predicted molar refractivity (Wildman–Crippen MR) is 88.5 cm³/mol. The lowest BCUT2D eigenvalue weighted by Crippen LogP contribution is -2.12. The third-order valence-electron chi connectivity index (χ3n) is 3.31. The standard InChI is InChI=1S/C19H19N3O/c20-9-1-2-10-23-19-8-4-7-18(12-19)15-22-14-17-6-3-5-16(11-17)13-21/h3-8,11-12,22H,1-2,10,14-15H2. The van der Waals surface area contributed by atoms with E-state index in [9.17, 15) is 0 Å². The van der Waals surface area contributed by atoms with E-state index in [1.54, 1.807) is 6.07 Å². The molecule has 0 radical (unpaired) electrons. The van der Waals surface area contributed by atoms with Crippen LogP contribution in [0.5, 0.6) is 5.75 Å². The maximum Gasteiger partial charge on any atom is 0.119 e. The lowest BCUT2D eigenvalue weighted by molar-refractivity contribution is 0.312. The molecule has 0 unspecified atom stereocenters. The average Bonchev–Trinajstić information content (AvgIpc) is 2.59. The van der Waals surface area contributed by atoms with Crippen LogP contribution in [0.1, 0.15) is 29.5 Å². The van der Waals surface area contributed by atoms with E-state index < -0.39 is 0 Å². The van der Waals surface area contributed by atoms with Gasteiger partial charge in [0.2, 0.25) is 0 Å². The van der Waals surface area contributed by atoms with Gasteiger partial charge in [0.1, 0.15) is 5.75 Å². The van der Waals surface area contributed by atoms with Crippen LogP contribution in [0.4, 0.5) is 0 Å². The van der Waals surface area contributed by atoms with E-state index in [1.165, 1.54) is 0 Å². The van der Waals surface area contributed by atoms with Gasteiger partial charge in [-0.3, -0.25) is 0 Å². The molecule has 0 aliphatic carbocycles. The molecule has 0 bridgehead atoms. The molecule has 0 aliphatic heterocycles. The number of hydrogen-bond acceptors (Lipinski definition) is 4. The number of benzene rings is 2. The van der Waals surface area contributed by atoms with Crippen LogP contribution in [-0.2, 0) is 13.1 Å². The van der Waals surface area contributed by atoms with Crippen LogP contribution in [0.25, 0.3) is 0 Å². The van der Waals surface area contributed by atoms with Crippen molar-refractivity contribution in [3.8, 4) is 17.9 Å². The first-order valence-corrected chi connectivity index (χ1v) is 7.60. The van der Waals surface area contributed by atoms with Gasteiger partial charge in [0, 0.05) is 19.5 Å². The summed E-state index contributed by atoms with van der Waals surface area (Å²) in [4.78, 5) is 0. The Morgan fingerprint density at radius 1 is 0.957 bits per heavy atom. The molecule has 116 valence electrons. The van der Waals surface area contributed by atoms with Crippen molar-refractivity contribution >= 4 is 0 Å². The van der Waals surface area contributed by atoms with Crippen molar-refractivity contribution in [2.75, 3.05) is 6.61 Å². The van der Waals surface area contributed by atoms with Gasteiger partial charge in [0.15, 0.2) is 0 Å². The van der Waals surface area contributed by atoms with E-state index in [2.05, 4.69) is 17.5 Å². The molecule has 2 aromatic rings. The minimum Gasteiger partial charge on any atom is -0.494 e. The van der Waals surface area contributed by atoms with Gasteiger partial charge in [-0.25, -0.2) is 0 Å². The minimum absolute atomic E-state index is 0.517. The van der Waals surface area contributed by atoms with E-state index in [-0.39, 0.29) is 0 Å². The number of hydrogen-bond donors (Lipinski definition) is 1. The highest BCUT2D eigenvalue weighted by molar-refractivity contribution is 5.33. The molecule has 0 atom stereocenters. The van der Waals surface area contributed by atoms with E-state index in [0.717, 1.165) is 29.8 Å². The number of unbranched alkanes of at least 4 members (excludes halogenated alkanes) is 1. The van der Waals surface area contributed by atoms with Gasteiger partial charge in [-0.15, -0.1) is 0 Å². The summed E-state index contributed by atoms with van der Waals surface area (Å²) < 4.78 is 5.63. The second-order valence-corrected chi connectivity index (χ2v) is 5.17. The third kappa shape index (κ3) is 5.82. The number of ether oxygens (including phenoxy) is 1. The Kier molecular flexibility index (Phi) is 6.65. The highest BCUT2D eigenvalue weighted by Crippen LogP contribution is 2.14. The molecule has 0 amide bonds. The second-order valence-electron chi connectivity index (χ2n) is 5.17. The quantitative estimate of drug-likeness (QED) is 0.757. The first-order valence-electron chi connectivity index (χ1n) is 7.60. The zero-order valence-electron chi connectivity index (χ0n) is 13.0. The number of rotatable bonds is 8. The number of nitrogens with one attached hydrogen (secondary N) is 1. The molecule has 2 aromatic carbocycles. The Labute approximate surface area is 136 Å². The van der Waals surface area contributed by atoms with Crippen LogP contribution in [0, 0.1) is 22.7 Å². The number of nitrogens with zero attached hydrogens (tertiary/aromatic N) is 2. The first kappa shape index (κ1) is 16.5. The Hall–Kier alpha value is -2.82. The lowest BCUT2D eigenvalue weighted by atomic mass is 10.1. The maximum absolute atomic E-state index is 8.90. The van der Waals surface area contributed by atoms with Crippen LogP contribution in [0.2, 0.25) is 0 Å². The summed E-state index contributed by atoms with van der Waals surface area (Å²) in [5, 5.41) is 20.8. The topological polar surface area (TPSA) is 68.8 Å². The molecular formula is C19H19N3O. The van der Waals surface area contributed by atoms with Crippen molar-refractivity contribution in [3.63, 3.8) is 0 Å². The highest BCUT2D eigenvalue weighted by Gasteiger charge is 1.99. The number of nitriles is 2. The molecule has 4 nitrogen and oxygen atoms in total. The van der Waals surface area contributed by atoms with E-state index in [0.29, 0.717) is 25.1 Å². The van der Waals surface area contributed by atoms with Gasteiger partial charge in [0.25, 0.3) is 0 Å². The average molecular weight is 305 g/mol. The van der Waals surface area contributed by atoms with E-state index in [1.807, 2.05) is 42.5 Å². The smallest absolute Gasteiger partial charge is 0.119 e. The summed E-state index contributed by atoms with van der Waals surface area (Å²) >= 11 is 0. The zero-order valence-corrected chi connectivity index (χ0v) is 13.0. The summed E-state index contributed by atoms with van der Waals surface area (Å²) in [7, 11) is 0. The fourth-order valence-corrected chi connectivity index (χ4v) is 2.19. The Balaban J connectivity index is 1.81. The van der Waals surface area contributed by atoms with Crippen molar-refractivity contribution in [2.45, 2.75) is 25.9 Å². The molecule has 0 spiro atoms. The molecule has 0 aromatic heterocycles. The van der Waals surface area contributed by atoms with Crippen molar-refractivity contribution in [2.24, 2.45) is 0 Å². The summed E-state index contributed by atoms with van der Waals surface area (Å²) in [6, 6.07) is 19.8.